The first-order valence-electron chi connectivity index (χ1n) is 12.3. The van der Waals surface area contributed by atoms with Crippen molar-refractivity contribution in [2.75, 3.05) is 0 Å². The minimum Gasteiger partial charge on any atom is -0.484 e. The van der Waals surface area contributed by atoms with Crippen molar-refractivity contribution in [3.63, 3.8) is 0 Å². The molecule has 7 nitrogen and oxygen atoms in total. The van der Waals surface area contributed by atoms with Crippen LogP contribution in [0.5, 0.6) is 5.75 Å². The number of thiophene rings is 1. The maximum atomic E-state index is 13.6. The van der Waals surface area contributed by atoms with Gasteiger partial charge in [-0.2, -0.15) is 13.2 Å². The molecule has 0 aliphatic heterocycles. The highest BCUT2D eigenvalue weighted by Gasteiger charge is 2.37. The second kappa shape index (κ2) is 10.4. The zero-order valence-corrected chi connectivity index (χ0v) is 24.4. The zero-order chi connectivity index (χ0) is 28.8. The third kappa shape index (κ3) is 6.02. The fourth-order valence-corrected chi connectivity index (χ4v) is 5.65. The van der Waals surface area contributed by atoms with E-state index in [0.29, 0.717) is 17.1 Å². The third-order valence-electron chi connectivity index (χ3n) is 7.03. The molecule has 208 valence electrons. The van der Waals surface area contributed by atoms with E-state index in [1.807, 2.05) is 6.07 Å². The topological polar surface area (TPSA) is 92.3 Å². The minimum atomic E-state index is -4.55. The lowest BCUT2D eigenvalue weighted by molar-refractivity contribution is -0.139. The highest BCUT2D eigenvalue weighted by molar-refractivity contribution is 7.16. The number of nitrogens with two attached hydrogens (primary N) is 1. The number of hydrogen-bond acceptors (Lipinski definition) is 6. The molecule has 12 heteroatoms. The van der Waals surface area contributed by atoms with E-state index in [0.717, 1.165) is 28.6 Å². The number of hydrogen-bond donors (Lipinski definition) is 1. The van der Waals surface area contributed by atoms with E-state index < -0.39 is 32.1 Å². The molecule has 0 aliphatic rings. The Bertz CT molecular complexity index is 1510. The first-order valence-corrected chi connectivity index (χ1v) is 16.0. The van der Waals surface area contributed by atoms with Gasteiger partial charge in [0.25, 0.3) is 5.91 Å². The molecule has 2 N–H and O–H groups in total. The van der Waals surface area contributed by atoms with Gasteiger partial charge in [0.2, 0.25) is 0 Å². The third-order valence-corrected chi connectivity index (χ3v) is 12.6. The molecule has 1 amide bonds. The van der Waals surface area contributed by atoms with Gasteiger partial charge >= 0.3 is 6.18 Å². The number of benzene rings is 1. The van der Waals surface area contributed by atoms with E-state index in [1.165, 1.54) is 25.1 Å². The molecule has 0 saturated heterocycles. The summed E-state index contributed by atoms with van der Waals surface area (Å²) < 4.78 is 54.6. The van der Waals surface area contributed by atoms with Crippen molar-refractivity contribution in [1.82, 2.24) is 14.5 Å². The SMILES string of the molecule is C[C@@H](Oc1cc(-n2cnc3cnc(CO[Si](C)(C)C(C)(C)C)cc32)sc1C(N)=O)c1ccccc1C(F)(F)F. The summed E-state index contributed by atoms with van der Waals surface area (Å²) in [4.78, 5) is 21.2. The second-order valence-corrected chi connectivity index (χ2v) is 16.7. The van der Waals surface area contributed by atoms with E-state index in [2.05, 4.69) is 43.8 Å². The number of alkyl halides is 3. The summed E-state index contributed by atoms with van der Waals surface area (Å²) in [6.07, 6.45) is -2.29. The zero-order valence-electron chi connectivity index (χ0n) is 22.6. The van der Waals surface area contributed by atoms with Crippen LogP contribution in [0.1, 0.15) is 60.3 Å². The Labute approximate surface area is 229 Å². The molecule has 0 saturated carbocycles. The Morgan fingerprint density at radius 3 is 2.49 bits per heavy atom. The van der Waals surface area contributed by atoms with Gasteiger partial charge in [-0.05, 0) is 37.2 Å². The number of halogens is 3. The number of fused-ring (bicyclic) bond motifs is 1. The van der Waals surface area contributed by atoms with E-state index in [9.17, 15) is 18.0 Å². The molecule has 4 aromatic rings. The van der Waals surface area contributed by atoms with Crippen molar-refractivity contribution in [2.24, 2.45) is 5.73 Å². The predicted octanol–water partition coefficient (Wildman–Crippen LogP) is 7.26. The number of carbonyl (C=O) groups excluding carboxylic acids is 1. The molecule has 0 spiro atoms. The summed E-state index contributed by atoms with van der Waals surface area (Å²) in [5.41, 5.74) is 6.87. The standard InChI is InChI=1S/C27H31F3N4O3SSi/c1-16(18-9-7-8-10-19(18)27(28,29)30)37-22-12-23(38-24(22)25(31)35)34-15-33-20-13-32-17(11-21(20)34)14-36-39(5,6)26(2,3)4/h7-13,15-16H,14H2,1-6H3,(H2,31,35)/t16-/m1/s1. The molecule has 1 atom stereocenters. The van der Waals surface area contributed by atoms with Crippen molar-refractivity contribution in [2.45, 2.75) is 64.7 Å². The fraction of sp³-hybridized carbons (Fsp3) is 0.370. The fourth-order valence-electron chi connectivity index (χ4n) is 3.78. The van der Waals surface area contributed by atoms with Gasteiger partial charge < -0.3 is 14.9 Å². The Kier molecular flexibility index (Phi) is 7.67. The highest BCUT2D eigenvalue weighted by atomic mass is 32.1. The van der Waals surface area contributed by atoms with Gasteiger partial charge in [0.15, 0.2) is 8.32 Å². The van der Waals surface area contributed by atoms with Crippen molar-refractivity contribution in [3.05, 3.63) is 70.6 Å². The van der Waals surface area contributed by atoms with Crippen LogP contribution in [0, 0.1) is 0 Å². The lowest BCUT2D eigenvalue weighted by atomic mass is 10.0. The number of ether oxygens (including phenoxy) is 1. The minimum absolute atomic E-state index is 0.0429. The predicted molar refractivity (Wildman–Crippen MR) is 148 cm³/mol. The number of aromatic nitrogens is 3. The highest BCUT2D eigenvalue weighted by Crippen LogP contribution is 2.40. The first kappa shape index (κ1) is 28.8. The Morgan fingerprint density at radius 2 is 1.85 bits per heavy atom. The monoisotopic (exact) mass is 576 g/mol. The van der Waals surface area contributed by atoms with Crippen LogP contribution in [0.2, 0.25) is 18.1 Å². The van der Waals surface area contributed by atoms with E-state index in [-0.39, 0.29) is 21.2 Å². The Balaban J connectivity index is 1.66. The quantitative estimate of drug-likeness (QED) is 0.223. The number of nitrogens with zero attached hydrogens (tertiary/aromatic N) is 3. The Hall–Kier alpha value is -3.22. The molecule has 4 rings (SSSR count). The van der Waals surface area contributed by atoms with Crippen LogP contribution in [-0.2, 0) is 17.2 Å². The van der Waals surface area contributed by atoms with Crippen molar-refractivity contribution < 1.29 is 27.1 Å². The number of imidazole rings is 1. The van der Waals surface area contributed by atoms with Crippen LogP contribution in [-0.4, -0.2) is 28.8 Å². The van der Waals surface area contributed by atoms with Gasteiger partial charge in [-0.1, -0.05) is 39.0 Å². The normalized spacial score (nSPS) is 13.6. The average Bonchev–Trinajstić information content (AvgIpc) is 3.45. The first-order chi connectivity index (χ1) is 18.1. The van der Waals surface area contributed by atoms with Gasteiger partial charge in [0.05, 0.1) is 29.6 Å². The smallest absolute Gasteiger partial charge is 0.416 e. The largest absolute Gasteiger partial charge is 0.484 e. The van der Waals surface area contributed by atoms with E-state index in [4.69, 9.17) is 14.9 Å². The van der Waals surface area contributed by atoms with Crippen LogP contribution in [0.3, 0.4) is 0 Å². The van der Waals surface area contributed by atoms with Crippen LogP contribution in [0.25, 0.3) is 16.0 Å². The van der Waals surface area contributed by atoms with Gasteiger partial charge in [-0.25, -0.2) is 4.98 Å². The average molecular weight is 577 g/mol. The molecule has 3 heterocycles. The number of pyridine rings is 1. The molecule has 3 aromatic heterocycles. The van der Waals surface area contributed by atoms with E-state index >= 15 is 0 Å². The molecule has 0 aliphatic carbocycles. The van der Waals surface area contributed by atoms with E-state index in [1.54, 1.807) is 23.2 Å². The second-order valence-electron chi connectivity index (χ2n) is 10.8. The lowest BCUT2D eigenvalue weighted by Gasteiger charge is -2.36. The molecule has 0 radical (unpaired) electrons. The lowest BCUT2D eigenvalue weighted by Crippen LogP contribution is -2.40. The van der Waals surface area contributed by atoms with Gasteiger partial charge in [0.1, 0.15) is 33.6 Å². The Morgan fingerprint density at radius 1 is 1.15 bits per heavy atom. The van der Waals surface area contributed by atoms with Crippen molar-refractivity contribution >= 4 is 36.6 Å². The summed E-state index contributed by atoms with van der Waals surface area (Å²) in [6, 6.07) is 8.65. The maximum Gasteiger partial charge on any atom is 0.416 e. The number of rotatable bonds is 8. The van der Waals surface area contributed by atoms with Crippen molar-refractivity contribution in [1.29, 1.82) is 0 Å². The van der Waals surface area contributed by atoms with Crippen LogP contribution >= 0.6 is 11.3 Å². The van der Waals surface area contributed by atoms with Gasteiger partial charge in [-0.3, -0.25) is 14.3 Å². The molecule has 1 aromatic carbocycles. The number of primary amides is 1. The van der Waals surface area contributed by atoms with Crippen LogP contribution in [0.4, 0.5) is 13.2 Å². The molecule has 39 heavy (non-hydrogen) atoms. The summed E-state index contributed by atoms with van der Waals surface area (Å²) >= 11 is 1.07. The summed E-state index contributed by atoms with van der Waals surface area (Å²) in [7, 11) is -1.99. The van der Waals surface area contributed by atoms with Gasteiger partial charge in [-0.15, -0.1) is 11.3 Å². The molecule has 0 unspecified atom stereocenters. The summed E-state index contributed by atoms with van der Waals surface area (Å²) in [6.45, 7) is 12.7. The molecular weight excluding hydrogens is 545 g/mol. The number of carbonyl (C=O) groups is 1. The van der Waals surface area contributed by atoms with Crippen LogP contribution in [0.15, 0.2) is 48.9 Å². The number of amides is 1. The summed E-state index contributed by atoms with van der Waals surface area (Å²) in [5, 5.41) is 0.620. The molecule has 0 fully saturated rings. The maximum absolute atomic E-state index is 13.6. The van der Waals surface area contributed by atoms with Crippen molar-refractivity contribution in [3.8, 4) is 10.8 Å². The molecular formula is C27H31F3N4O3SSi. The van der Waals surface area contributed by atoms with Crippen LogP contribution < -0.4 is 10.5 Å². The summed E-state index contributed by atoms with van der Waals surface area (Å²) in [5.74, 6) is -0.642. The van der Waals surface area contributed by atoms with Gasteiger partial charge in [0, 0.05) is 11.6 Å². The molecule has 0 bridgehead atoms.